The van der Waals surface area contributed by atoms with E-state index in [1.807, 2.05) is 0 Å². The van der Waals surface area contributed by atoms with Crippen LogP contribution in [0.25, 0.3) is 0 Å². The van der Waals surface area contributed by atoms with Gasteiger partial charge < -0.3 is 15.2 Å². The van der Waals surface area contributed by atoms with Gasteiger partial charge in [0.2, 0.25) is 0 Å². The smallest absolute Gasteiger partial charge is 0.471 e. The Morgan fingerprint density at radius 1 is 1.38 bits per heavy atom. The summed E-state index contributed by atoms with van der Waals surface area (Å²) in [6, 6.07) is 3.41. The number of ether oxygens (including phenoxy) is 1. The lowest BCUT2D eigenvalue weighted by Gasteiger charge is -2.43. The summed E-state index contributed by atoms with van der Waals surface area (Å²) in [6.07, 6.45) is -5.44. The molecular weight excluding hydrogens is 402 g/mol. The highest BCUT2D eigenvalue weighted by Crippen LogP contribution is 2.39. The van der Waals surface area contributed by atoms with E-state index < -0.39 is 41.9 Å². The lowest BCUT2D eigenvalue weighted by Crippen LogP contribution is -2.61. The number of carbonyl (C=O) groups excluding carboxylic acids is 1. The summed E-state index contributed by atoms with van der Waals surface area (Å²) in [7, 11) is 0. The Morgan fingerprint density at radius 3 is 2.62 bits per heavy atom. The van der Waals surface area contributed by atoms with Crippen LogP contribution in [-0.4, -0.2) is 36.4 Å². The van der Waals surface area contributed by atoms with Gasteiger partial charge in [-0.25, -0.2) is 4.39 Å². The van der Waals surface area contributed by atoms with Crippen LogP contribution in [0.4, 0.5) is 17.6 Å². The number of amides is 1. The predicted octanol–water partition coefficient (Wildman–Crippen LogP) is 2.58. The van der Waals surface area contributed by atoms with Crippen molar-refractivity contribution >= 4 is 27.8 Å². The fourth-order valence-electron chi connectivity index (χ4n) is 2.68. The van der Waals surface area contributed by atoms with E-state index in [1.54, 1.807) is 5.32 Å². The van der Waals surface area contributed by atoms with Gasteiger partial charge in [-0.1, -0.05) is 15.9 Å². The zero-order valence-electron chi connectivity index (χ0n) is 12.0. The van der Waals surface area contributed by atoms with E-state index in [0.29, 0.717) is 4.47 Å². The monoisotopic (exact) mass is 413 g/mol. The SMILES string of the molecule is O=C(O)[C@@H]1CCOC[C@@]1(NC(=O)C(F)(F)F)c1cc(Br)ccc1F. The molecule has 0 aromatic heterocycles. The molecule has 1 fully saturated rings. The molecule has 1 saturated heterocycles. The average Bonchev–Trinajstić information content (AvgIpc) is 2.48. The largest absolute Gasteiger partial charge is 0.481 e. The van der Waals surface area contributed by atoms with E-state index >= 15 is 0 Å². The number of hydrogen-bond acceptors (Lipinski definition) is 3. The summed E-state index contributed by atoms with van der Waals surface area (Å²) in [4.78, 5) is 23.0. The van der Waals surface area contributed by atoms with Crippen molar-refractivity contribution in [3.05, 3.63) is 34.1 Å². The molecule has 0 saturated carbocycles. The van der Waals surface area contributed by atoms with E-state index in [-0.39, 0.29) is 18.6 Å². The highest BCUT2D eigenvalue weighted by Gasteiger charge is 2.53. The van der Waals surface area contributed by atoms with E-state index in [9.17, 15) is 32.3 Å². The maximum absolute atomic E-state index is 14.3. The summed E-state index contributed by atoms with van der Waals surface area (Å²) >= 11 is 3.06. The number of rotatable bonds is 3. The topological polar surface area (TPSA) is 75.6 Å². The molecule has 2 N–H and O–H groups in total. The Bertz CT molecular complexity index is 667. The predicted molar refractivity (Wildman–Crippen MR) is 76.5 cm³/mol. The van der Waals surface area contributed by atoms with Crippen LogP contribution in [0.15, 0.2) is 22.7 Å². The third kappa shape index (κ3) is 3.54. The van der Waals surface area contributed by atoms with E-state index in [0.717, 1.165) is 12.1 Å². The van der Waals surface area contributed by atoms with Crippen molar-refractivity contribution in [3.63, 3.8) is 0 Å². The molecule has 0 radical (unpaired) electrons. The molecule has 1 heterocycles. The summed E-state index contributed by atoms with van der Waals surface area (Å²) in [5, 5.41) is 11.0. The number of carboxylic acid groups (broad SMARTS) is 1. The fraction of sp³-hybridized carbons (Fsp3) is 0.429. The van der Waals surface area contributed by atoms with Gasteiger partial charge in [-0.3, -0.25) is 9.59 Å². The van der Waals surface area contributed by atoms with Crippen LogP contribution in [0, 0.1) is 11.7 Å². The van der Waals surface area contributed by atoms with Gasteiger partial charge in [0.15, 0.2) is 0 Å². The van der Waals surface area contributed by atoms with Gasteiger partial charge in [-0.2, -0.15) is 13.2 Å². The Hall–Kier alpha value is -1.68. The zero-order chi connectivity index (χ0) is 18.1. The summed E-state index contributed by atoms with van der Waals surface area (Å²) in [6.45, 7) is -0.630. The second-order valence-electron chi connectivity index (χ2n) is 5.28. The molecule has 2 rings (SSSR count). The van der Waals surface area contributed by atoms with Gasteiger partial charge in [0, 0.05) is 16.6 Å². The number of alkyl halides is 3. The molecule has 0 aliphatic carbocycles. The Balaban J connectivity index is 2.62. The third-order valence-corrected chi connectivity index (χ3v) is 4.27. The van der Waals surface area contributed by atoms with Crippen LogP contribution in [0.1, 0.15) is 12.0 Å². The molecule has 1 aromatic carbocycles. The minimum absolute atomic E-state index is 0.0315. The standard InChI is InChI=1S/C14H12BrF4NO4/c15-7-1-2-10(16)9(5-7)13(20-12(23)14(17,18)19)6-24-4-3-8(13)11(21)22/h1-2,5,8H,3-4,6H2,(H,20,23)(H,21,22)/t8-,13-/m0/s1. The van der Waals surface area contributed by atoms with Crippen LogP contribution in [-0.2, 0) is 19.9 Å². The minimum atomic E-state index is -5.25. The molecule has 24 heavy (non-hydrogen) atoms. The maximum Gasteiger partial charge on any atom is 0.471 e. The first-order valence-electron chi connectivity index (χ1n) is 6.73. The first kappa shape index (κ1) is 18.7. The molecule has 0 spiro atoms. The number of carboxylic acids is 1. The van der Waals surface area contributed by atoms with Crippen molar-refractivity contribution in [1.29, 1.82) is 0 Å². The van der Waals surface area contributed by atoms with Crippen LogP contribution in [0.5, 0.6) is 0 Å². The van der Waals surface area contributed by atoms with Crippen molar-refractivity contribution in [1.82, 2.24) is 5.32 Å². The van der Waals surface area contributed by atoms with Gasteiger partial charge in [-0.15, -0.1) is 0 Å². The van der Waals surface area contributed by atoms with Crippen molar-refractivity contribution in [2.45, 2.75) is 18.1 Å². The molecule has 2 atom stereocenters. The lowest BCUT2D eigenvalue weighted by molar-refractivity contribution is -0.180. The minimum Gasteiger partial charge on any atom is -0.481 e. The second-order valence-corrected chi connectivity index (χ2v) is 6.20. The lowest BCUT2D eigenvalue weighted by atomic mass is 9.75. The summed E-state index contributed by atoms with van der Waals surface area (Å²) in [5.74, 6) is -6.25. The second kappa shape index (κ2) is 6.67. The molecular formula is C14H12BrF4NO4. The van der Waals surface area contributed by atoms with Crippen molar-refractivity contribution < 1.29 is 37.0 Å². The molecule has 5 nitrogen and oxygen atoms in total. The fourth-order valence-corrected chi connectivity index (χ4v) is 3.05. The van der Waals surface area contributed by atoms with Crippen LogP contribution < -0.4 is 5.32 Å². The molecule has 0 unspecified atom stereocenters. The van der Waals surface area contributed by atoms with Crippen LogP contribution >= 0.6 is 15.9 Å². The molecule has 132 valence electrons. The van der Waals surface area contributed by atoms with Gasteiger partial charge in [0.25, 0.3) is 0 Å². The molecule has 1 aliphatic rings. The molecule has 1 aliphatic heterocycles. The highest BCUT2D eigenvalue weighted by molar-refractivity contribution is 9.10. The molecule has 1 aromatic rings. The van der Waals surface area contributed by atoms with E-state index in [4.69, 9.17) is 4.74 Å². The quantitative estimate of drug-likeness (QED) is 0.746. The molecule has 1 amide bonds. The van der Waals surface area contributed by atoms with Crippen LogP contribution in [0.3, 0.4) is 0 Å². The highest BCUT2D eigenvalue weighted by atomic mass is 79.9. The van der Waals surface area contributed by atoms with Gasteiger partial charge >= 0.3 is 18.1 Å². The Morgan fingerprint density at radius 2 is 2.04 bits per heavy atom. The van der Waals surface area contributed by atoms with Crippen molar-refractivity contribution in [2.75, 3.05) is 13.2 Å². The van der Waals surface area contributed by atoms with E-state index in [2.05, 4.69) is 15.9 Å². The first-order valence-corrected chi connectivity index (χ1v) is 7.52. The van der Waals surface area contributed by atoms with Gasteiger partial charge in [-0.05, 0) is 24.6 Å². The number of benzene rings is 1. The number of halogens is 5. The van der Waals surface area contributed by atoms with Gasteiger partial charge in [0.1, 0.15) is 11.4 Å². The summed E-state index contributed by atoms with van der Waals surface area (Å²) < 4.78 is 57.8. The number of carbonyl (C=O) groups is 2. The van der Waals surface area contributed by atoms with Crippen molar-refractivity contribution in [3.8, 4) is 0 Å². The third-order valence-electron chi connectivity index (χ3n) is 3.78. The first-order chi connectivity index (χ1) is 11.1. The Labute approximate surface area is 142 Å². The zero-order valence-corrected chi connectivity index (χ0v) is 13.6. The van der Waals surface area contributed by atoms with E-state index in [1.165, 1.54) is 6.07 Å². The van der Waals surface area contributed by atoms with Crippen LogP contribution in [0.2, 0.25) is 0 Å². The summed E-state index contributed by atoms with van der Waals surface area (Å²) in [5.41, 5.74) is -2.56. The van der Waals surface area contributed by atoms with Crippen molar-refractivity contribution in [2.24, 2.45) is 5.92 Å². The average molecular weight is 414 g/mol. The number of hydrogen-bond donors (Lipinski definition) is 2. The Kier molecular flexibility index (Phi) is 5.19. The molecule has 0 bridgehead atoms. The van der Waals surface area contributed by atoms with Gasteiger partial charge in [0.05, 0.1) is 12.5 Å². The maximum atomic E-state index is 14.3. The number of aliphatic carboxylic acids is 1. The number of nitrogens with one attached hydrogen (secondary N) is 1. The normalized spacial score (nSPS) is 24.5. The molecule has 10 heteroatoms.